The highest BCUT2D eigenvalue weighted by Crippen LogP contribution is 2.17. The molecule has 0 atom stereocenters. The second-order valence-electron chi connectivity index (χ2n) is 4.01. The average Bonchev–Trinajstić information content (AvgIpc) is 2.13. The minimum Gasteiger partial charge on any atom is -0.314 e. The minimum absolute atomic E-state index is 0.0900. The first-order valence-electron chi connectivity index (χ1n) is 5.32. The van der Waals surface area contributed by atoms with E-state index in [9.17, 15) is 8.42 Å². The van der Waals surface area contributed by atoms with Crippen molar-refractivity contribution in [2.45, 2.75) is 44.6 Å². The fourth-order valence-electron chi connectivity index (χ4n) is 1.89. The number of rotatable bonds is 5. The zero-order chi connectivity index (χ0) is 10.4. The summed E-state index contributed by atoms with van der Waals surface area (Å²) in [5, 5.41) is 8.27. The smallest absolute Gasteiger partial charge is 0.209 e. The molecule has 0 unspecified atom stereocenters. The Bertz CT molecular complexity index is 246. The van der Waals surface area contributed by atoms with Gasteiger partial charge in [0.15, 0.2) is 0 Å². The van der Waals surface area contributed by atoms with Crippen molar-refractivity contribution in [2.24, 2.45) is 5.14 Å². The average molecular weight is 220 g/mol. The third kappa shape index (κ3) is 5.57. The van der Waals surface area contributed by atoms with Crippen LogP contribution in [-0.2, 0) is 10.0 Å². The van der Waals surface area contributed by atoms with E-state index in [0.717, 1.165) is 6.54 Å². The Labute approximate surface area is 86.3 Å². The van der Waals surface area contributed by atoms with Crippen molar-refractivity contribution < 1.29 is 8.42 Å². The van der Waals surface area contributed by atoms with E-state index in [2.05, 4.69) is 5.32 Å². The van der Waals surface area contributed by atoms with Crippen molar-refractivity contribution in [2.75, 3.05) is 12.3 Å². The second kappa shape index (κ2) is 5.68. The molecule has 0 spiro atoms. The summed E-state index contributed by atoms with van der Waals surface area (Å²) in [6.45, 7) is 0.765. The van der Waals surface area contributed by atoms with Gasteiger partial charge in [0.25, 0.3) is 0 Å². The van der Waals surface area contributed by atoms with E-state index in [0.29, 0.717) is 12.5 Å². The largest absolute Gasteiger partial charge is 0.314 e. The Hall–Kier alpha value is -0.130. The third-order valence-electron chi connectivity index (χ3n) is 2.64. The number of nitrogens with one attached hydrogen (secondary N) is 1. The van der Waals surface area contributed by atoms with Gasteiger partial charge in [-0.1, -0.05) is 19.3 Å². The normalized spacial score (nSPS) is 19.8. The Morgan fingerprint density at radius 1 is 1.21 bits per heavy atom. The summed E-state index contributed by atoms with van der Waals surface area (Å²) in [7, 11) is -3.27. The van der Waals surface area contributed by atoms with Gasteiger partial charge in [-0.25, -0.2) is 13.6 Å². The first-order valence-corrected chi connectivity index (χ1v) is 7.03. The molecule has 0 aromatic carbocycles. The first-order chi connectivity index (χ1) is 6.58. The molecule has 0 amide bonds. The van der Waals surface area contributed by atoms with Crippen LogP contribution in [0.5, 0.6) is 0 Å². The predicted octanol–water partition coefficient (Wildman–Crippen LogP) is 0.587. The molecule has 1 rings (SSSR count). The molecule has 14 heavy (non-hydrogen) atoms. The van der Waals surface area contributed by atoms with Crippen LogP contribution in [0.3, 0.4) is 0 Å². The molecule has 0 bridgehead atoms. The molecule has 84 valence electrons. The molecule has 5 heteroatoms. The maximum absolute atomic E-state index is 10.6. The summed E-state index contributed by atoms with van der Waals surface area (Å²) < 4.78 is 21.3. The first kappa shape index (κ1) is 11.9. The van der Waals surface area contributed by atoms with Crippen LogP contribution in [0.2, 0.25) is 0 Å². The second-order valence-corrected chi connectivity index (χ2v) is 5.74. The molecular weight excluding hydrogens is 200 g/mol. The lowest BCUT2D eigenvalue weighted by atomic mass is 9.95. The highest BCUT2D eigenvalue weighted by atomic mass is 32.2. The molecule has 1 aliphatic rings. The molecule has 0 aromatic rings. The molecule has 3 N–H and O–H groups in total. The summed E-state index contributed by atoms with van der Waals surface area (Å²) in [6, 6.07) is 0.601. The van der Waals surface area contributed by atoms with E-state index in [1.54, 1.807) is 0 Å². The zero-order valence-corrected chi connectivity index (χ0v) is 9.35. The number of nitrogens with two attached hydrogens (primary N) is 1. The molecule has 4 nitrogen and oxygen atoms in total. The van der Waals surface area contributed by atoms with Crippen LogP contribution >= 0.6 is 0 Å². The molecule has 1 fully saturated rings. The molecule has 0 radical (unpaired) electrons. The Morgan fingerprint density at radius 3 is 2.43 bits per heavy atom. The summed E-state index contributed by atoms with van der Waals surface area (Å²) in [5.41, 5.74) is 0. The zero-order valence-electron chi connectivity index (χ0n) is 8.54. The quantitative estimate of drug-likeness (QED) is 0.666. The van der Waals surface area contributed by atoms with Gasteiger partial charge in [0.2, 0.25) is 10.0 Å². The molecule has 1 saturated carbocycles. The van der Waals surface area contributed by atoms with Crippen molar-refractivity contribution in [3.8, 4) is 0 Å². The van der Waals surface area contributed by atoms with E-state index in [4.69, 9.17) is 5.14 Å². The summed E-state index contributed by atoms with van der Waals surface area (Å²) >= 11 is 0. The lowest BCUT2D eigenvalue weighted by molar-refractivity contribution is 0.374. The van der Waals surface area contributed by atoms with E-state index in [1.165, 1.54) is 32.1 Å². The van der Waals surface area contributed by atoms with Crippen LogP contribution in [0.25, 0.3) is 0 Å². The molecule has 0 heterocycles. The lowest BCUT2D eigenvalue weighted by Crippen LogP contribution is -2.32. The third-order valence-corrected chi connectivity index (χ3v) is 3.50. The SMILES string of the molecule is NS(=O)(=O)CCCNC1CCCCC1. The molecule has 0 saturated heterocycles. The van der Waals surface area contributed by atoms with Gasteiger partial charge in [-0.3, -0.25) is 0 Å². The van der Waals surface area contributed by atoms with Gasteiger partial charge in [-0.2, -0.15) is 0 Å². The molecule has 1 aliphatic carbocycles. The van der Waals surface area contributed by atoms with Crippen molar-refractivity contribution in [3.05, 3.63) is 0 Å². The van der Waals surface area contributed by atoms with E-state index in [-0.39, 0.29) is 5.75 Å². The maximum Gasteiger partial charge on any atom is 0.209 e. The summed E-state index contributed by atoms with van der Waals surface area (Å²) in [5.74, 6) is 0.0900. The summed E-state index contributed by atoms with van der Waals surface area (Å²) in [6.07, 6.45) is 7.02. The van der Waals surface area contributed by atoms with E-state index < -0.39 is 10.0 Å². The number of sulfonamides is 1. The lowest BCUT2D eigenvalue weighted by Gasteiger charge is -2.22. The molecule has 0 aliphatic heterocycles. The van der Waals surface area contributed by atoms with Crippen LogP contribution < -0.4 is 10.5 Å². The Morgan fingerprint density at radius 2 is 1.86 bits per heavy atom. The standard InChI is InChI=1S/C9H20N2O2S/c10-14(12,13)8-4-7-11-9-5-2-1-3-6-9/h9,11H,1-8H2,(H2,10,12,13). The van der Waals surface area contributed by atoms with Crippen LogP contribution in [0.4, 0.5) is 0 Å². The Kier molecular flexibility index (Phi) is 4.84. The van der Waals surface area contributed by atoms with Crippen LogP contribution in [0.15, 0.2) is 0 Å². The van der Waals surface area contributed by atoms with Crippen LogP contribution in [0, 0.1) is 0 Å². The predicted molar refractivity (Wildman–Crippen MR) is 57.5 cm³/mol. The topological polar surface area (TPSA) is 72.2 Å². The van der Waals surface area contributed by atoms with E-state index in [1.807, 2.05) is 0 Å². The van der Waals surface area contributed by atoms with Gasteiger partial charge in [-0.15, -0.1) is 0 Å². The fraction of sp³-hybridized carbons (Fsp3) is 1.00. The monoisotopic (exact) mass is 220 g/mol. The van der Waals surface area contributed by atoms with Crippen molar-refractivity contribution in [1.82, 2.24) is 5.32 Å². The van der Waals surface area contributed by atoms with Crippen LogP contribution in [0.1, 0.15) is 38.5 Å². The number of hydrogen-bond donors (Lipinski definition) is 2. The highest BCUT2D eigenvalue weighted by molar-refractivity contribution is 7.89. The van der Waals surface area contributed by atoms with Gasteiger partial charge < -0.3 is 5.32 Å². The van der Waals surface area contributed by atoms with Gasteiger partial charge >= 0.3 is 0 Å². The Balaban J connectivity index is 2.03. The van der Waals surface area contributed by atoms with Crippen LogP contribution in [-0.4, -0.2) is 26.8 Å². The number of primary sulfonamides is 1. The van der Waals surface area contributed by atoms with Gasteiger partial charge in [0.1, 0.15) is 0 Å². The highest BCUT2D eigenvalue weighted by Gasteiger charge is 2.12. The van der Waals surface area contributed by atoms with Gasteiger partial charge in [0.05, 0.1) is 5.75 Å². The van der Waals surface area contributed by atoms with Crippen molar-refractivity contribution in [3.63, 3.8) is 0 Å². The van der Waals surface area contributed by atoms with E-state index >= 15 is 0 Å². The maximum atomic E-state index is 10.6. The molecule has 0 aromatic heterocycles. The summed E-state index contributed by atoms with van der Waals surface area (Å²) in [4.78, 5) is 0. The molecular formula is C9H20N2O2S. The fourth-order valence-corrected chi connectivity index (χ4v) is 2.43. The number of hydrogen-bond acceptors (Lipinski definition) is 3. The van der Waals surface area contributed by atoms with Crippen molar-refractivity contribution >= 4 is 10.0 Å². The minimum atomic E-state index is -3.27. The van der Waals surface area contributed by atoms with Gasteiger partial charge in [0, 0.05) is 6.04 Å². The van der Waals surface area contributed by atoms with Crippen molar-refractivity contribution in [1.29, 1.82) is 0 Å². The van der Waals surface area contributed by atoms with Gasteiger partial charge in [-0.05, 0) is 25.8 Å².